The van der Waals surface area contributed by atoms with E-state index in [4.69, 9.17) is 0 Å². The first-order chi connectivity index (χ1) is 10.4. The summed E-state index contributed by atoms with van der Waals surface area (Å²) in [4.78, 5) is 2.20. The van der Waals surface area contributed by atoms with Crippen LogP contribution in [0.5, 0.6) is 0 Å². The predicted molar refractivity (Wildman–Crippen MR) is 75.9 cm³/mol. The van der Waals surface area contributed by atoms with Crippen molar-refractivity contribution in [3.63, 3.8) is 0 Å². The van der Waals surface area contributed by atoms with E-state index in [1.54, 1.807) is 0 Å². The highest BCUT2D eigenvalue weighted by atomic mass is 19.4. The topological polar surface area (TPSA) is 15.3 Å². The molecule has 3 rings (SSSR count). The van der Waals surface area contributed by atoms with E-state index in [9.17, 15) is 17.6 Å². The molecule has 1 N–H and O–H groups in total. The highest BCUT2D eigenvalue weighted by Gasteiger charge is 2.36. The molecule has 1 aliphatic heterocycles. The van der Waals surface area contributed by atoms with E-state index in [0.29, 0.717) is 17.5 Å². The Balaban J connectivity index is 1.94. The van der Waals surface area contributed by atoms with Gasteiger partial charge in [0.15, 0.2) is 0 Å². The molecule has 6 heteroatoms. The van der Waals surface area contributed by atoms with Crippen LogP contribution in [0.2, 0.25) is 0 Å². The molecule has 122 valence electrons. The second-order valence-electron chi connectivity index (χ2n) is 6.19. The number of alkyl halides is 3. The summed E-state index contributed by atoms with van der Waals surface area (Å²) >= 11 is 0. The summed E-state index contributed by atoms with van der Waals surface area (Å²) in [7, 11) is 0. The lowest BCUT2D eigenvalue weighted by molar-refractivity contribution is -0.137. The molecule has 2 fully saturated rings. The molecule has 1 aromatic rings. The van der Waals surface area contributed by atoms with Gasteiger partial charge in [-0.15, -0.1) is 0 Å². The molecule has 0 amide bonds. The molecule has 1 aromatic carbocycles. The molecule has 0 radical (unpaired) electrons. The van der Waals surface area contributed by atoms with Crippen molar-refractivity contribution in [3.05, 3.63) is 35.1 Å². The van der Waals surface area contributed by atoms with Gasteiger partial charge in [0.25, 0.3) is 0 Å². The molecule has 22 heavy (non-hydrogen) atoms. The van der Waals surface area contributed by atoms with Crippen LogP contribution in [0.1, 0.15) is 36.4 Å². The normalized spacial score (nSPS) is 22.4. The lowest BCUT2D eigenvalue weighted by Gasteiger charge is -2.43. The van der Waals surface area contributed by atoms with Gasteiger partial charge in [-0.1, -0.05) is 6.42 Å². The lowest BCUT2D eigenvalue weighted by Crippen LogP contribution is -2.47. The first-order valence-corrected chi connectivity index (χ1v) is 7.77. The number of nitrogens with one attached hydrogen (secondary N) is 1. The third-order valence-electron chi connectivity index (χ3n) is 4.73. The van der Waals surface area contributed by atoms with Crippen LogP contribution in [0, 0.1) is 11.7 Å². The number of nitrogens with zero attached hydrogens (tertiary/aromatic N) is 1. The van der Waals surface area contributed by atoms with Crippen LogP contribution in [0.15, 0.2) is 18.2 Å². The molecular formula is C16H20F4N2. The van der Waals surface area contributed by atoms with Gasteiger partial charge in [0.1, 0.15) is 5.82 Å². The minimum absolute atomic E-state index is 0.104. The van der Waals surface area contributed by atoms with Gasteiger partial charge in [0.05, 0.1) is 5.56 Å². The zero-order valence-corrected chi connectivity index (χ0v) is 12.3. The maximum absolute atomic E-state index is 13.7. The quantitative estimate of drug-likeness (QED) is 0.857. The van der Waals surface area contributed by atoms with Gasteiger partial charge in [-0.05, 0) is 42.5 Å². The van der Waals surface area contributed by atoms with Gasteiger partial charge in [0.2, 0.25) is 0 Å². The Bertz CT molecular complexity index is 519. The summed E-state index contributed by atoms with van der Waals surface area (Å²) < 4.78 is 52.6. The zero-order chi connectivity index (χ0) is 15.7. The van der Waals surface area contributed by atoms with E-state index in [1.165, 1.54) is 6.07 Å². The Morgan fingerprint density at radius 3 is 2.32 bits per heavy atom. The van der Waals surface area contributed by atoms with Crippen molar-refractivity contribution in [2.24, 2.45) is 5.92 Å². The first-order valence-electron chi connectivity index (χ1n) is 7.77. The summed E-state index contributed by atoms with van der Waals surface area (Å²) in [6, 6.07) is 2.89. The second-order valence-corrected chi connectivity index (χ2v) is 6.19. The molecular weight excluding hydrogens is 296 g/mol. The van der Waals surface area contributed by atoms with Crippen molar-refractivity contribution >= 4 is 0 Å². The Kier molecular flexibility index (Phi) is 4.41. The van der Waals surface area contributed by atoms with Gasteiger partial charge in [-0.2, -0.15) is 13.2 Å². The monoisotopic (exact) mass is 316 g/mol. The van der Waals surface area contributed by atoms with Crippen LogP contribution in [0.25, 0.3) is 0 Å². The van der Waals surface area contributed by atoms with Crippen molar-refractivity contribution in [1.82, 2.24) is 10.2 Å². The van der Waals surface area contributed by atoms with Crippen molar-refractivity contribution in [1.29, 1.82) is 0 Å². The standard InChI is InChI=1S/C16H20F4N2/c17-14-9-12(8-13(10-14)16(18,19)20)15(11-2-1-3-11)22-6-4-21-5-7-22/h8-11,15,21H,1-7H2/t15-/m1/s1. The van der Waals surface area contributed by atoms with E-state index in [-0.39, 0.29) is 6.04 Å². The van der Waals surface area contributed by atoms with Crippen LogP contribution in [-0.4, -0.2) is 31.1 Å². The molecule has 1 saturated heterocycles. The van der Waals surface area contributed by atoms with E-state index in [0.717, 1.165) is 51.5 Å². The van der Waals surface area contributed by atoms with Crippen LogP contribution in [0.3, 0.4) is 0 Å². The van der Waals surface area contributed by atoms with Gasteiger partial charge in [-0.3, -0.25) is 4.90 Å². The van der Waals surface area contributed by atoms with Gasteiger partial charge in [-0.25, -0.2) is 4.39 Å². The Hall–Kier alpha value is -1.14. The summed E-state index contributed by atoms with van der Waals surface area (Å²) in [5, 5.41) is 3.25. The summed E-state index contributed by atoms with van der Waals surface area (Å²) in [6.07, 6.45) is -1.39. The van der Waals surface area contributed by atoms with E-state index in [2.05, 4.69) is 10.2 Å². The average molecular weight is 316 g/mol. The maximum atomic E-state index is 13.7. The highest BCUT2D eigenvalue weighted by molar-refractivity contribution is 5.30. The summed E-state index contributed by atoms with van der Waals surface area (Å²) in [5.41, 5.74) is -0.416. The van der Waals surface area contributed by atoms with Crippen LogP contribution in [-0.2, 0) is 6.18 Å². The van der Waals surface area contributed by atoms with E-state index < -0.39 is 17.6 Å². The number of halogens is 4. The van der Waals surface area contributed by atoms with Crippen LogP contribution in [0.4, 0.5) is 17.6 Å². The molecule has 0 bridgehead atoms. The van der Waals surface area contributed by atoms with Crippen molar-refractivity contribution in [2.45, 2.75) is 31.5 Å². The number of piperazine rings is 1. The van der Waals surface area contributed by atoms with Gasteiger partial charge < -0.3 is 5.32 Å². The molecule has 0 spiro atoms. The molecule has 2 nitrogen and oxygen atoms in total. The fraction of sp³-hybridized carbons (Fsp3) is 0.625. The Morgan fingerprint density at radius 2 is 1.77 bits per heavy atom. The second kappa shape index (κ2) is 6.16. The minimum atomic E-state index is -4.51. The molecule has 1 saturated carbocycles. The fourth-order valence-electron chi connectivity index (χ4n) is 3.44. The largest absolute Gasteiger partial charge is 0.416 e. The third kappa shape index (κ3) is 3.27. The van der Waals surface area contributed by atoms with Crippen LogP contribution >= 0.6 is 0 Å². The van der Waals surface area contributed by atoms with Crippen molar-refractivity contribution < 1.29 is 17.6 Å². The first kappa shape index (κ1) is 15.7. The van der Waals surface area contributed by atoms with Crippen molar-refractivity contribution in [3.8, 4) is 0 Å². The maximum Gasteiger partial charge on any atom is 0.416 e. The smallest absolute Gasteiger partial charge is 0.314 e. The predicted octanol–water partition coefficient (Wildman–Crippen LogP) is 3.59. The zero-order valence-electron chi connectivity index (χ0n) is 12.3. The molecule has 1 aliphatic carbocycles. The highest BCUT2D eigenvalue weighted by Crippen LogP contribution is 2.43. The minimum Gasteiger partial charge on any atom is -0.314 e. The van der Waals surface area contributed by atoms with E-state index >= 15 is 0 Å². The van der Waals surface area contributed by atoms with Gasteiger partial charge >= 0.3 is 6.18 Å². The van der Waals surface area contributed by atoms with Gasteiger partial charge in [0, 0.05) is 32.2 Å². The fourth-order valence-corrected chi connectivity index (χ4v) is 3.44. The molecule has 1 atom stereocenters. The summed E-state index contributed by atoms with van der Waals surface area (Å²) in [6.45, 7) is 3.23. The number of benzene rings is 1. The Morgan fingerprint density at radius 1 is 1.09 bits per heavy atom. The third-order valence-corrected chi connectivity index (χ3v) is 4.73. The Labute approximate surface area is 127 Å². The SMILES string of the molecule is Fc1cc([C@@H](C2CCC2)N2CCNCC2)cc(C(F)(F)F)c1. The number of hydrogen-bond acceptors (Lipinski definition) is 2. The molecule has 0 aromatic heterocycles. The summed E-state index contributed by atoms with van der Waals surface area (Å²) in [5.74, 6) is -0.467. The molecule has 0 unspecified atom stereocenters. The average Bonchev–Trinajstić information content (AvgIpc) is 2.42. The van der Waals surface area contributed by atoms with E-state index in [1.807, 2.05) is 0 Å². The molecule has 2 aliphatic rings. The lowest BCUT2D eigenvalue weighted by atomic mass is 9.76. The number of hydrogen-bond donors (Lipinski definition) is 1. The molecule has 1 heterocycles. The number of rotatable bonds is 3. The van der Waals surface area contributed by atoms with Crippen molar-refractivity contribution in [2.75, 3.05) is 26.2 Å². The van der Waals surface area contributed by atoms with Crippen LogP contribution < -0.4 is 5.32 Å².